The maximum absolute atomic E-state index is 13.8. The van der Waals surface area contributed by atoms with Gasteiger partial charge in [0.2, 0.25) is 0 Å². The summed E-state index contributed by atoms with van der Waals surface area (Å²) in [6.07, 6.45) is 10.9. The van der Waals surface area contributed by atoms with Crippen molar-refractivity contribution in [3.63, 3.8) is 0 Å². The molecule has 9 heteroatoms. The summed E-state index contributed by atoms with van der Waals surface area (Å²) in [6.45, 7) is 6.03. The van der Waals surface area contributed by atoms with Crippen LogP contribution in [0.1, 0.15) is 81.5 Å². The summed E-state index contributed by atoms with van der Waals surface area (Å²) in [7, 11) is 0. The zero-order valence-electron chi connectivity index (χ0n) is 18.9. The minimum Gasteiger partial charge on any atom is -0.357 e. The van der Waals surface area contributed by atoms with E-state index in [-0.39, 0.29) is 11.7 Å². The molecule has 0 amide bonds. The predicted molar refractivity (Wildman–Crippen MR) is 124 cm³/mol. The molecule has 2 unspecified atom stereocenters. The Hall–Kier alpha value is -2.71. The summed E-state index contributed by atoms with van der Waals surface area (Å²) in [5.74, 6) is 2.69. The SMILES string of the molecule is C=C(Nc1cn(C2CCCCC2)nc1C(F)F)c1cnn2c1N=C(N1CC3CCC1C3)CC2. The number of amidine groups is 1. The van der Waals surface area contributed by atoms with Crippen LogP contribution < -0.4 is 5.32 Å². The number of aryl methyl sites for hydroxylation is 1. The summed E-state index contributed by atoms with van der Waals surface area (Å²) in [5, 5.41) is 11.9. The van der Waals surface area contributed by atoms with Crippen LogP contribution in [-0.4, -0.2) is 42.9 Å². The standard InChI is InChI=1S/C24H31F2N7/c1-15(28-20-14-33(30-22(20)23(25)26)17-5-3-2-4-6-17)19-12-27-32-10-9-21(29-24(19)32)31-13-16-7-8-18(31)11-16/h12,14,16-18,23,28H,1-11,13H2. The highest BCUT2D eigenvalue weighted by molar-refractivity contribution is 5.89. The van der Waals surface area contributed by atoms with Gasteiger partial charge in [0.1, 0.15) is 5.84 Å². The van der Waals surface area contributed by atoms with Gasteiger partial charge in [0, 0.05) is 30.9 Å². The molecule has 2 aromatic heterocycles. The highest BCUT2D eigenvalue weighted by atomic mass is 19.3. The lowest BCUT2D eigenvalue weighted by molar-refractivity contribution is 0.144. The van der Waals surface area contributed by atoms with Gasteiger partial charge in [-0.1, -0.05) is 25.8 Å². The van der Waals surface area contributed by atoms with Gasteiger partial charge in [-0.15, -0.1) is 0 Å². The minimum absolute atomic E-state index is 0.187. The number of aliphatic imine (C=N–C) groups is 1. The number of aromatic nitrogens is 4. The Kier molecular flexibility index (Phi) is 5.22. The fourth-order valence-electron chi connectivity index (χ4n) is 6.13. The quantitative estimate of drug-likeness (QED) is 0.645. The van der Waals surface area contributed by atoms with Crippen molar-refractivity contribution >= 4 is 23.0 Å². The van der Waals surface area contributed by atoms with Crippen molar-refractivity contribution in [1.82, 2.24) is 24.5 Å². The molecule has 0 spiro atoms. The molecule has 2 bridgehead atoms. The first-order chi connectivity index (χ1) is 16.1. The minimum atomic E-state index is -2.65. The van der Waals surface area contributed by atoms with E-state index in [1.807, 2.05) is 4.68 Å². The van der Waals surface area contributed by atoms with Crippen molar-refractivity contribution in [1.29, 1.82) is 0 Å². The predicted octanol–water partition coefficient (Wildman–Crippen LogP) is 5.52. The lowest BCUT2D eigenvalue weighted by Crippen LogP contribution is -2.39. The fourth-order valence-corrected chi connectivity index (χ4v) is 6.13. The zero-order valence-corrected chi connectivity index (χ0v) is 18.9. The van der Waals surface area contributed by atoms with E-state index >= 15 is 0 Å². The van der Waals surface area contributed by atoms with Crippen molar-refractivity contribution in [2.24, 2.45) is 10.9 Å². The van der Waals surface area contributed by atoms with E-state index < -0.39 is 6.43 Å². The maximum Gasteiger partial charge on any atom is 0.284 e. The smallest absolute Gasteiger partial charge is 0.284 e. The first kappa shape index (κ1) is 20.9. The van der Waals surface area contributed by atoms with Crippen LogP contribution in [0.2, 0.25) is 0 Å². The van der Waals surface area contributed by atoms with Gasteiger partial charge < -0.3 is 10.2 Å². The third kappa shape index (κ3) is 3.75. The number of hydrogen-bond donors (Lipinski definition) is 1. The van der Waals surface area contributed by atoms with E-state index in [4.69, 9.17) is 4.99 Å². The summed E-state index contributed by atoms with van der Waals surface area (Å²) in [6, 6.07) is 0.805. The van der Waals surface area contributed by atoms with Gasteiger partial charge in [-0.25, -0.2) is 18.5 Å². The first-order valence-electron chi connectivity index (χ1n) is 12.3. The molecule has 0 radical (unpaired) electrons. The lowest BCUT2D eigenvalue weighted by atomic mass is 9.96. The van der Waals surface area contributed by atoms with Gasteiger partial charge in [-0.2, -0.15) is 10.2 Å². The number of piperidine rings is 1. The number of rotatable bonds is 5. The Labute approximate surface area is 192 Å². The molecule has 1 N–H and O–H groups in total. The Morgan fingerprint density at radius 1 is 1.12 bits per heavy atom. The summed E-state index contributed by atoms with van der Waals surface area (Å²) < 4.78 is 31.2. The summed E-state index contributed by atoms with van der Waals surface area (Å²) in [5.41, 5.74) is 1.37. The molecule has 33 heavy (non-hydrogen) atoms. The van der Waals surface area contributed by atoms with Gasteiger partial charge in [0.15, 0.2) is 11.5 Å². The normalized spacial score (nSPS) is 24.9. The number of fused-ring (bicyclic) bond motifs is 3. The second-order valence-electron chi connectivity index (χ2n) is 9.97. The second-order valence-corrected chi connectivity index (χ2v) is 9.97. The van der Waals surface area contributed by atoms with E-state index in [1.165, 1.54) is 25.7 Å². The molecule has 1 saturated heterocycles. The first-order valence-corrected chi connectivity index (χ1v) is 12.3. The van der Waals surface area contributed by atoms with Gasteiger partial charge >= 0.3 is 0 Å². The molecule has 6 rings (SSSR count). The number of nitrogens with one attached hydrogen (secondary N) is 1. The highest BCUT2D eigenvalue weighted by Crippen LogP contribution is 2.40. The molecular weight excluding hydrogens is 424 g/mol. The largest absolute Gasteiger partial charge is 0.357 e. The van der Waals surface area contributed by atoms with Crippen molar-refractivity contribution in [2.45, 2.75) is 82.8 Å². The molecule has 2 aromatic rings. The maximum atomic E-state index is 13.8. The van der Waals surface area contributed by atoms with Crippen LogP contribution in [0.4, 0.5) is 20.3 Å². The van der Waals surface area contributed by atoms with E-state index in [9.17, 15) is 8.78 Å². The third-order valence-corrected chi connectivity index (χ3v) is 7.86. The Morgan fingerprint density at radius 2 is 1.97 bits per heavy atom. The molecular formula is C24H31F2N7. The number of hydrogen-bond acceptors (Lipinski definition) is 5. The van der Waals surface area contributed by atoms with Gasteiger partial charge in [-0.3, -0.25) is 4.68 Å². The number of likely N-dealkylation sites (tertiary alicyclic amines) is 1. The van der Waals surface area contributed by atoms with Crippen LogP contribution in [0.15, 0.2) is 24.0 Å². The summed E-state index contributed by atoms with van der Waals surface area (Å²) in [4.78, 5) is 7.46. The Balaban J connectivity index is 1.25. The fraction of sp³-hybridized carbons (Fsp3) is 0.625. The van der Waals surface area contributed by atoms with Gasteiger partial charge in [-0.05, 0) is 38.0 Å². The Morgan fingerprint density at radius 3 is 2.70 bits per heavy atom. The van der Waals surface area contributed by atoms with E-state index in [0.29, 0.717) is 17.4 Å². The topological polar surface area (TPSA) is 63.3 Å². The van der Waals surface area contributed by atoms with Crippen molar-refractivity contribution < 1.29 is 8.78 Å². The van der Waals surface area contributed by atoms with Crippen LogP contribution in [-0.2, 0) is 6.54 Å². The number of halogens is 2. The number of alkyl halides is 2. The van der Waals surface area contributed by atoms with Crippen molar-refractivity contribution in [3.8, 4) is 0 Å². The van der Waals surface area contributed by atoms with Gasteiger partial charge in [0.05, 0.1) is 30.0 Å². The molecule has 4 heterocycles. The summed E-state index contributed by atoms with van der Waals surface area (Å²) >= 11 is 0. The van der Waals surface area contributed by atoms with Crippen LogP contribution in [0.5, 0.6) is 0 Å². The van der Waals surface area contributed by atoms with Crippen LogP contribution >= 0.6 is 0 Å². The van der Waals surface area contributed by atoms with E-state index in [1.54, 1.807) is 17.1 Å². The highest BCUT2D eigenvalue weighted by Gasteiger charge is 2.40. The average molecular weight is 456 g/mol. The van der Waals surface area contributed by atoms with Crippen LogP contribution in [0, 0.1) is 5.92 Å². The number of anilines is 1. The molecule has 7 nitrogen and oxygen atoms in total. The molecule has 2 aliphatic carbocycles. The monoisotopic (exact) mass is 455 g/mol. The molecule has 2 saturated carbocycles. The second kappa shape index (κ2) is 8.25. The van der Waals surface area contributed by atoms with E-state index in [2.05, 4.69) is 27.0 Å². The molecule has 4 aliphatic rings. The zero-order chi connectivity index (χ0) is 22.5. The molecule has 176 valence electrons. The molecule has 3 fully saturated rings. The average Bonchev–Trinajstić information content (AvgIpc) is 3.61. The van der Waals surface area contributed by atoms with Crippen molar-refractivity contribution in [2.75, 3.05) is 11.9 Å². The van der Waals surface area contributed by atoms with Crippen molar-refractivity contribution in [3.05, 3.63) is 30.2 Å². The number of nitrogens with zero attached hydrogens (tertiary/aromatic N) is 6. The van der Waals surface area contributed by atoms with Gasteiger partial charge in [0.25, 0.3) is 6.43 Å². The van der Waals surface area contributed by atoms with Crippen LogP contribution in [0.3, 0.4) is 0 Å². The molecule has 2 atom stereocenters. The van der Waals surface area contributed by atoms with Crippen LogP contribution in [0.25, 0.3) is 5.70 Å². The Bertz CT molecular complexity index is 1080. The molecule has 0 aromatic carbocycles. The third-order valence-electron chi connectivity index (χ3n) is 7.86. The van der Waals surface area contributed by atoms with E-state index in [0.717, 1.165) is 68.3 Å². The molecule has 2 aliphatic heterocycles. The lowest BCUT2D eigenvalue weighted by Gasteiger charge is -2.32.